The molecule has 2 heterocycles. The highest BCUT2D eigenvalue weighted by atomic mass is 28.4. The molecule has 8 nitrogen and oxygen atoms in total. The van der Waals surface area contributed by atoms with E-state index < -0.39 is 16.6 Å². The van der Waals surface area contributed by atoms with Crippen molar-refractivity contribution in [1.29, 1.82) is 0 Å². The quantitative estimate of drug-likeness (QED) is 0.122. The number of aromatic nitrogens is 4. The van der Waals surface area contributed by atoms with Gasteiger partial charge in [0.25, 0.3) is 0 Å². The Morgan fingerprint density at radius 1 is 0.605 bits per heavy atom. The fraction of sp³-hybridized carbons (Fsp3) is 0.453. The molecule has 12 heteroatoms. The summed E-state index contributed by atoms with van der Waals surface area (Å²) in [4.78, 5) is 13.4. The van der Waals surface area contributed by atoms with Gasteiger partial charge in [0.2, 0.25) is 0 Å². The molecule has 0 spiro atoms. The highest BCUT2D eigenvalue weighted by Crippen LogP contribution is 2.55. The van der Waals surface area contributed by atoms with Crippen LogP contribution in [0.3, 0.4) is 0 Å². The molecule has 0 radical (unpaired) electrons. The molecule has 4 aliphatic rings. The van der Waals surface area contributed by atoms with Crippen LogP contribution in [0.15, 0.2) is 133 Å². The molecule has 6 aromatic rings. The lowest BCUT2D eigenvalue weighted by molar-refractivity contribution is -0.120. The van der Waals surface area contributed by atoms with Crippen molar-refractivity contribution >= 4 is 34.6 Å². The van der Waals surface area contributed by atoms with Crippen LogP contribution in [0, 0.1) is 34.3 Å². The van der Waals surface area contributed by atoms with Crippen molar-refractivity contribution in [2.45, 2.75) is 162 Å². The number of halogens is 2. The fourth-order valence-corrected chi connectivity index (χ4v) is 14.8. The van der Waals surface area contributed by atoms with Crippen LogP contribution in [0.25, 0.3) is 23.5 Å². The highest BCUT2D eigenvalue weighted by Gasteiger charge is 2.53. The minimum Gasteiger partial charge on any atom is -0.413 e. The molecule has 404 valence electrons. The summed E-state index contributed by atoms with van der Waals surface area (Å²) in [6.07, 6.45) is 16.8. The number of fused-ring (bicyclic) bond motifs is 4. The minimum absolute atomic E-state index is 0. The number of Topliss-reactive ketones (excluding diaryl/α,β-unsaturated/α-hetero) is 1. The van der Waals surface area contributed by atoms with Gasteiger partial charge in [-0.25, -0.2) is 18.1 Å². The smallest absolute Gasteiger partial charge is 0.192 e. The number of carbonyl (C=O) groups excluding carboxylic acids is 1. The zero-order valence-corrected chi connectivity index (χ0v) is 49.4. The Morgan fingerprint density at radius 3 is 1.47 bits per heavy atom. The van der Waals surface area contributed by atoms with Crippen molar-refractivity contribution in [1.82, 2.24) is 25.7 Å². The van der Waals surface area contributed by atoms with Gasteiger partial charge >= 0.3 is 0 Å². The van der Waals surface area contributed by atoms with Crippen LogP contribution in [-0.4, -0.2) is 54.2 Å². The Balaban J connectivity index is 0.000000199. The van der Waals surface area contributed by atoms with E-state index in [0.717, 1.165) is 72.4 Å². The van der Waals surface area contributed by atoms with Crippen molar-refractivity contribution in [2.24, 2.45) is 22.7 Å². The van der Waals surface area contributed by atoms with Crippen molar-refractivity contribution in [2.75, 3.05) is 0 Å². The van der Waals surface area contributed by atoms with Gasteiger partial charge < -0.3 is 15.0 Å². The molecule has 2 saturated carbocycles. The summed E-state index contributed by atoms with van der Waals surface area (Å²) < 4.78 is 45.4. The van der Waals surface area contributed by atoms with Gasteiger partial charge in [0.1, 0.15) is 11.6 Å². The van der Waals surface area contributed by atoms with E-state index >= 15 is 0 Å². The Bertz CT molecular complexity index is 3040. The van der Waals surface area contributed by atoms with Crippen molar-refractivity contribution < 1.29 is 22.4 Å². The summed E-state index contributed by atoms with van der Waals surface area (Å²) >= 11 is 0. The monoisotopic (exact) mass is 1060 g/mol. The first-order valence-electron chi connectivity index (χ1n) is 27.4. The van der Waals surface area contributed by atoms with Gasteiger partial charge in [0.15, 0.2) is 22.4 Å². The van der Waals surface area contributed by atoms with E-state index in [1.807, 2.05) is 33.9 Å². The molecule has 2 aromatic heterocycles. The van der Waals surface area contributed by atoms with E-state index in [2.05, 4.69) is 159 Å². The summed E-state index contributed by atoms with van der Waals surface area (Å²) in [5.74, 6) is 0.341. The van der Waals surface area contributed by atoms with E-state index in [9.17, 15) is 13.6 Å². The van der Waals surface area contributed by atoms with Gasteiger partial charge in [-0.1, -0.05) is 122 Å². The Kier molecular flexibility index (Phi) is 16.3. The second kappa shape index (κ2) is 21.8. The molecule has 0 aliphatic heterocycles. The molecular weight excluding hydrogens is 981 g/mol. The Morgan fingerprint density at radius 2 is 1.03 bits per heavy atom. The largest absolute Gasteiger partial charge is 0.413 e. The predicted octanol–water partition coefficient (Wildman–Crippen LogP) is 16.1. The Hall–Kier alpha value is -5.38. The topological polar surface area (TPSA) is 106 Å². The van der Waals surface area contributed by atoms with E-state index in [1.54, 1.807) is 12.1 Å². The summed E-state index contributed by atoms with van der Waals surface area (Å²) in [6, 6.07) is 34.4. The molecule has 6 atom stereocenters. The molecule has 76 heavy (non-hydrogen) atoms. The van der Waals surface area contributed by atoms with Crippen molar-refractivity contribution in [3.05, 3.63) is 178 Å². The third kappa shape index (κ3) is 11.4. The normalized spacial score (nSPS) is 22.3. The van der Waals surface area contributed by atoms with Crippen LogP contribution >= 0.6 is 0 Å². The lowest BCUT2D eigenvalue weighted by Gasteiger charge is -2.51. The number of allylic oxidation sites excluding steroid dienone is 2. The lowest BCUT2D eigenvalue weighted by Crippen LogP contribution is -2.52. The van der Waals surface area contributed by atoms with Gasteiger partial charge in [-0.2, -0.15) is 10.2 Å². The lowest BCUT2D eigenvalue weighted by atomic mass is 9.57. The molecule has 3 N–H and O–H groups in total. The number of ketones is 1. The first kappa shape index (κ1) is 56.8. The van der Waals surface area contributed by atoms with Crippen LogP contribution in [0.1, 0.15) is 121 Å². The average molecular weight is 1060 g/mol. The molecule has 0 unspecified atom stereocenters. The first-order chi connectivity index (χ1) is 35.4. The summed E-state index contributed by atoms with van der Waals surface area (Å²) in [7, 11) is -4.06. The van der Waals surface area contributed by atoms with Gasteiger partial charge in [-0.15, -0.1) is 0 Å². The molecule has 4 aromatic carbocycles. The van der Waals surface area contributed by atoms with E-state index in [-0.39, 0.29) is 62.6 Å². The predicted molar refractivity (Wildman–Crippen MR) is 311 cm³/mol. The molecule has 10 rings (SSSR count). The molecule has 0 bridgehead atoms. The standard InChI is InChI=1S/C32H39FN2O2Si.C32H41FN2OSi.H3N/c1-31(2,3)38(5,6)37-30(18-22-10-8-7-9-11-22)26-16-17-29(36)27-19-28-23(20-32(26,27)4)21-34-35(28)25-14-12-24(33)13-15-25;1-31(2,3)37(5,6)36-30(19-23-11-8-7-9-12-23)28-14-10-13-25-20-29-24(21-32(25,28)4)22-34-35(29)27-17-15-26(33)16-18-27;/h7-15,19,21,26,30H,16-18,20H2,1-6H3;7-9,11-12,15-18,20,22,28,30H,10,13-14,19,21H2,1-6H3;1H3/t26-,30-,32-;28-,30-,32+;/m11./s1. The second-order valence-electron chi connectivity index (χ2n) is 25.6. The molecule has 0 amide bonds. The van der Waals surface area contributed by atoms with E-state index in [1.165, 1.54) is 59.4 Å². The zero-order chi connectivity index (χ0) is 53.7. The van der Waals surface area contributed by atoms with Crippen LogP contribution in [-0.2, 0) is 39.3 Å². The molecule has 2 fully saturated rings. The number of rotatable bonds is 12. The second-order valence-corrected chi connectivity index (χ2v) is 35.1. The van der Waals surface area contributed by atoms with Gasteiger partial charge in [-0.05, 0) is 188 Å². The van der Waals surface area contributed by atoms with Crippen LogP contribution in [0.5, 0.6) is 0 Å². The van der Waals surface area contributed by atoms with Gasteiger partial charge in [-0.3, -0.25) is 4.79 Å². The highest BCUT2D eigenvalue weighted by molar-refractivity contribution is 6.74. The number of hydrogen-bond acceptors (Lipinski definition) is 6. The zero-order valence-electron chi connectivity index (χ0n) is 47.4. The molecule has 4 aliphatic carbocycles. The molecular formula is C64H83F2N5O3Si2. The summed E-state index contributed by atoms with van der Waals surface area (Å²) in [5.41, 5.74) is 10.8. The van der Waals surface area contributed by atoms with Crippen LogP contribution in [0.2, 0.25) is 36.3 Å². The minimum atomic E-state index is -2.08. The number of benzene rings is 4. The average Bonchev–Trinajstić information content (AvgIpc) is 3.95. The maximum Gasteiger partial charge on any atom is 0.192 e. The maximum atomic E-state index is 13.6. The third-order valence-electron chi connectivity index (χ3n) is 18.5. The number of carbonyl (C=O) groups is 1. The van der Waals surface area contributed by atoms with Gasteiger partial charge in [0, 0.05) is 17.4 Å². The number of nitrogens with zero attached hydrogens (tertiary/aromatic N) is 4. The first-order valence-corrected chi connectivity index (χ1v) is 33.2. The van der Waals surface area contributed by atoms with Crippen LogP contribution in [0.4, 0.5) is 8.78 Å². The Labute approximate surface area is 454 Å². The van der Waals surface area contributed by atoms with Crippen molar-refractivity contribution in [3.63, 3.8) is 0 Å². The van der Waals surface area contributed by atoms with Crippen molar-refractivity contribution in [3.8, 4) is 11.4 Å². The van der Waals surface area contributed by atoms with E-state index in [0.29, 0.717) is 12.3 Å². The fourth-order valence-electron chi connectivity index (χ4n) is 12.1. The number of hydrogen-bond donors (Lipinski definition) is 1. The third-order valence-corrected chi connectivity index (χ3v) is 27.5. The maximum absolute atomic E-state index is 13.6. The molecule has 0 saturated heterocycles. The SMILES string of the molecule is CC(C)(C)[Si](C)(C)O[C@H](Cc1ccccc1)[C@H]1CCC(=O)C2=Cc3c(cnn3-c3ccc(F)cc3)C[C@@]21C.CC(C)(C)[Si](C)(C)O[C@H](Cc1ccccc1)[C@H]1CCCC2=Cc3c(cnn3-c3ccc(F)cc3)C[C@@]21C.N. The summed E-state index contributed by atoms with van der Waals surface area (Å²) in [6.45, 7) is 28.0. The van der Waals surface area contributed by atoms with E-state index in [4.69, 9.17) is 14.0 Å². The van der Waals surface area contributed by atoms with Crippen LogP contribution < -0.4 is 6.15 Å². The summed E-state index contributed by atoms with van der Waals surface area (Å²) in [5, 5.41) is 9.64. The van der Waals surface area contributed by atoms with Gasteiger partial charge in [0.05, 0.1) is 47.4 Å².